The molecule has 1 aliphatic carbocycles. The van der Waals surface area contributed by atoms with Gasteiger partial charge >= 0.3 is 0 Å². The van der Waals surface area contributed by atoms with Crippen LogP contribution in [0.1, 0.15) is 64.3 Å². The molecule has 21 heavy (non-hydrogen) atoms. The Labute approximate surface area is 130 Å². The van der Waals surface area contributed by atoms with E-state index in [0.29, 0.717) is 0 Å². The van der Waals surface area contributed by atoms with Crippen molar-refractivity contribution in [1.29, 1.82) is 0 Å². The monoisotopic (exact) mass is 291 g/mol. The molecule has 0 bridgehead atoms. The molecule has 0 aliphatic heterocycles. The van der Waals surface area contributed by atoms with Crippen LogP contribution in [0.25, 0.3) is 0 Å². The van der Waals surface area contributed by atoms with Crippen molar-refractivity contribution in [3.05, 3.63) is 17.5 Å². The van der Waals surface area contributed by atoms with Crippen LogP contribution in [0.15, 0.2) is 6.07 Å². The molecule has 0 radical (unpaired) electrons. The van der Waals surface area contributed by atoms with Gasteiger partial charge in [-0.25, -0.2) is 0 Å². The molecule has 2 rings (SSSR count). The van der Waals surface area contributed by atoms with E-state index in [0.717, 1.165) is 31.3 Å². The zero-order valence-electron chi connectivity index (χ0n) is 14.2. The zero-order valence-corrected chi connectivity index (χ0v) is 14.2. The van der Waals surface area contributed by atoms with Crippen LogP contribution >= 0.6 is 0 Å². The molecule has 3 heteroatoms. The highest BCUT2D eigenvalue weighted by atomic mass is 15.3. The van der Waals surface area contributed by atoms with Gasteiger partial charge in [-0.05, 0) is 57.2 Å². The first-order chi connectivity index (χ1) is 10.3. The largest absolute Gasteiger partial charge is 0.316 e. The minimum Gasteiger partial charge on any atom is -0.316 e. The first-order valence-electron chi connectivity index (χ1n) is 9.04. The van der Waals surface area contributed by atoms with E-state index in [4.69, 9.17) is 5.10 Å². The van der Waals surface area contributed by atoms with Crippen molar-refractivity contribution >= 4 is 0 Å². The van der Waals surface area contributed by atoms with Gasteiger partial charge in [-0.15, -0.1) is 0 Å². The third kappa shape index (κ3) is 4.57. The molecule has 1 unspecified atom stereocenters. The second-order valence-electron chi connectivity index (χ2n) is 6.51. The first kappa shape index (κ1) is 16.5. The maximum atomic E-state index is 4.72. The number of nitrogens with zero attached hydrogens (tertiary/aromatic N) is 2. The van der Waals surface area contributed by atoms with Gasteiger partial charge in [0.05, 0.1) is 5.69 Å². The molecule has 0 aromatic carbocycles. The number of nitrogens with one attached hydrogen (secondary N) is 1. The van der Waals surface area contributed by atoms with Crippen molar-refractivity contribution in [1.82, 2.24) is 15.1 Å². The Balaban J connectivity index is 2.03. The SMILES string of the molecule is CCCNCC(Cc1cc(CC)nn1CC)C1CCCC1. The van der Waals surface area contributed by atoms with E-state index in [1.807, 2.05) is 0 Å². The average Bonchev–Trinajstić information content (AvgIpc) is 3.15. The van der Waals surface area contributed by atoms with Crippen LogP contribution in [-0.2, 0) is 19.4 Å². The summed E-state index contributed by atoms with van der Waals surface area (Å²) in [5.41, 5.74) is 2.70. The topological polar surface area (TPSA) is 29.9 Å². The van der Waals surface area contributed by atoms with Gasteiger partial charge in [-0.2, -0.15) is 5.10 Å². The Morgan fingerprint density at radius 3 is 2.67 bits per heavy atom. The lowest BCUT2D eigenvalue weighted by Crippen LogP contribution is -2.30. The third-order valence-corrected chi connectivity index (χ3v) is 4.95. The van der Waals surface area contributed by atoms with Gasteiger partial charge in [-0.3, -0.25) is 4.68 Å². The summed E-state index contributed by atoms with van der Waals surface area (Å²) in [6, 6.07) is 2.34. The summed E-state index contributed by atoms with van der Waals surface area (Å²) in [7, 11) is 0. The highest BCUT2D eigenvalue weighted by molar-refractivity contribution is 5.11. The van der Waals surface area contributed by atoms with Gasteiger partial charge in [-0.1, -0.05) is 39.5 Å². The van der Waals surface area contributed by atoms with Crippen molar-refractivity contribution in [2.24, 2.45) is 11.8 Å². The zero-order chi connectivity index (χ0) is 15.1. The average molecular weight is 291 g/mol. The van der Waals surface area contributed by atoms with Crippen LogP contribution < -0.4 is 5.32 Å². The Hall–Kier alpha value is -0.830. The Kier molecular flexibility index (Phi) is 6.75. The lowest BCUT2D eigenvalue weighted by Gasteiger charge is -2.24. The van der Waals surface area contributed by atoms with Gasteiger partial charge in [0.1, 0.15) is 0 Å². The summed E-state index contributed by atoms with van der Waals surface area (Å²) >= 11 is 0. The number of aromatic nitrogens is 2. The maximum Gasteiger partial charge on any atom is 0.0624 e. The minimum absolute atomic E-state index is 0.783. The van der Waals surface area contributed by atoms with Crippen LogP contribution in [0.3, 0.4) is 0 Å². The first-order valence-corrected chi connectivity index (χ1v) is 9.04. The summed E-state index contributed by atoms with van der Waals surface area (Å²) in [6.45, 7) is 9.97. The van der Waals surface area contributed by atoms with E-state index in [-0.39, 0.29) is 0 Å². The van der Waals surface area contributed by atoms with E-state index in [2.05, 4.69) is 36.8 Å². The predicted octanol–water partition coefficient (Wildman–Crippen LogP) is 3.81. The van der Waals surface area contributed by atoms with Gasteiger partial charge in [0.25, 0.3) is 0 Å². The second-order valence-corrected chi connectivity index (χ2v) is 6.51. The van der Waals surface area contributed by atoms with Crippen LogP contribution in [-0.4, -0.2) is 22.9 Å². The van der Waals surface area contributed by atoms with Crippen LogP contribution in [0, 0.1) is 11.8 Å². The molecular formula is C18H33N3. The Bertz CT molecular complexity index is 405. The van der Waals surface area contributed by atoms with Crippen LogP contribution in [0.2, 0.25) is 0 Å². The van der Waals surface area contributed by atoms with Gasteiger partial charge in [0.15, 0.2) is 0 Å². The molecule has 0 amide bonds. The molecule has 1 aromatic heterocycles. The van der Waals surface area contributed by atoms with Gasteiger partial charge in [0, 0.05) is 12.2 Å². The fourth-order valence-electron chi connectivity index (χ4n) is 3.69. The van der Waals surface area contributed by atoms with Gasteiger partial charge < -0.3 is 5.32 Å². The van der Waals surface area contributed by atoms with Crippen molar-refractivity contribution in [2.75, 3.05) is 13.1 Å². The smallest absolute Gasteiger partial charge is 0.0624 e. The normalized spacial score (nSPS) is 17.5. The second kappa shape index (κ2) is 8.57. The van der Waals surface area contributed by atoms with E-state index < -0.39 is 0 Å². The van der Waals surface area contributed by atoms with Crippen molar-refractivity contribution in [3.8, 4) is 0 Å². The highest BCUT2D eigenvalue weighted by Gasteiger charge is 2.26. The van der Waals surface area contributed by atoms with E-state index >= 15 is 0 Å². The van der Waals surface area contributed by atoms with E-state index in [1.165, 1.54) is 56.5 Å². The van der Waals surface area contributed by atoms with Crippen LogP contribution in [0.4, 0.5) is 0 Å². The molecule has 120 valence electrons. The molecular weight excluding hydrogens is 258 g/mol. The fourth-order valence-corrected chi connectivity index (χ4v) is 3.69. The molecule has 0 saturated heterocycles. The van der Waals surface area contributed by atoms with Gasteiger partial charge in [0.2, 0.25) is 0 Å². The van der Waals surface area contributed by atoms with Crippen LogP contribution in [0.5, 0.6) is 0 Å². The summed E-state index contributed by atoms with van der Waals surface area (Å²) in [6.07, 6.45) is 9.19. The standard InChI is InChI=1S/C18H33N3/c1-4-11-19-14-16(15-9-7-8-10-15)12-18-13-17(5-2)20-21(18)6-3/h13,15-16,19H,4-12,14H2,1-3H3. The minimum atomic E-state index is 0.783. The fraction of sp³-hybridized carbons (Fsp3) is 0.833. The molecule has 1 aromatic rings. The molecule has 1 N–H and O–H groups in total. The summed E-state index contributed by atoms with van der Waals surface area (Å²) in [4.78, 5) is 0. The molecule has 3 nitrogen and oxygen atoms in total. The number of hydrogen-bond acceptors (Lipinski definition) is 2. The van der Waals surface area contributed by atoms with E-state index in [9.17, 15) is 0 Å². The molecule has 1 atom stereocenters. The highest BCUT2D eigenvalue weighted by Crippen LogP contribution is 2.33. The summed E-state index contributed by atoms with van der Waals surface area (Å²) < 4.78 is 2.22. The number of rotatable bonds is 9. The number of hydrogen-bond donors (Lipinski definition) is 1. The van der Waals surface area contributed by atoms with Crippen molar-refractivity contribution < 1.29 is 0 Å². The molecule has 1 fully saturated rings. The summed E-state index contributed by atoms with van der Waals surface area (Å²) in [5, 5.41) is 8.38. The lowest BCUT2D eigenvalue weighted by atomic mass is 9.86. The van der Waals surface area contributed by atoms with Crippen molar-refractivity contribution in [3.63, 3.8) is 0 Å². The molecule has 1 heterocycles. The Morgan fingerprint density at radius 2 is 2.05 bits per heavy atom. The van der Waals surface area contributed by atoms with Crippen molar-refractivity contribution in [2.45, 2.75) is 72.3 Å². The van der Waals surface area contributed by atoms with E-state index in [1.54, 1.807) is 0 Å². The maximum absolute atomic E-state index is 4.72. The molecule has 0 spiro atoms. The quantitative estimate of drug-likeness (QED) is 0.701. The lowest BCUT2D eigenvalue weighted by molar-refractivity contribution is 0.315. The third-order valence-electron chi connectivity index (χ3n) is 4.95. The summed E-state index contributed by atoms with van der Waals surface area (Å²) in [5.74, 6) is 1.70. The molecule has 1 aliphatic rings. The predicted molar refractivity (Wildman–Crippen MR) is 89.6 cm³/mol. The number of aryl methyl sites for hydroxylation is 2. The molecule has 1 saturated carbocycles. The Morgan fingerprint density at radius 1 is 1.29 bits per heavy atom.